The maximum atomic E-state index is 12.2. The molecule has 1 aromatic carbocycles. The Kier molecular flexibility index (Phi) is 5.70. The Balaban J connectivity index is 1.42. The summed E-state index contributed by atoms with van der Waals surface area (Å²) in [4.78, 5) is 36.2. The Labute approximate surface area is 155 Å². The number of piperidine rings is 1. The van der Waals surface area contributed by atoms with Gasteiger partial charge in [-0.15, -0.1) is 0 Å². The van der Waals surface area contributed by atoms with Gasteiger partial charge in [0.15, 0.2) is 12.4 Å². The van der Waals surface area contributed by atoms with Gasteiger partial charge in [-0.2, -0.15) is 0 Å². The van der Waals surface area contributed by atoms with Crippen LogP contribution in [-0.4, -0.2) is 47.4 Å². The third kappa shape index (κ3) is 4.84. The lowest BCUT2D eigenvalue weighted by Crippen LogP contribution is -2.47. The second-order valence-electron chi connectivity index (χ2n) is 6.15. The van der Waals surface area contributed by atoms with Crippen molar-refractivity contribution in [2.75, 3.05) is 19.7 Å². The fourth-order valence-corrected chi connectivity index (χ4v) is 2.89. The first-order chi connectivity index (χ1) is 13.0. The molecule has 1 fully saturated rings. The van der Waals surface area contributed by atoms with Crippen LogP contribution in [0.25, 0.3) is 0 Å². The Hall–Kier alpha value is -3.36. The average Bonchev–Trinajstić information content (AvgIpc) is 3.21. The van der Waals surface area contributed by atoms with Crippen molar-refractivity contribution in [1.82, 2.24) is 10.2 Å². The lowest BCUT2D eigenvalue weighted by Gasteiger charge is -2.31. The summed E-state index contributed by atoms with van der Waals surface area (Å²) in [5.74, 6) is 0.108. The summed E-state index contributed by atoms with van der Waals surface area (Å²) in [5, 5.41) is 13.6. The highest BCUT2D eigenvalue weighted by Crippen LogP contribution is 2.19. The van der Waals surface area contributed by atoms with E-state index in [0.717, 1.165) is 0 Å². The second-order valence-corrected chi connectivity index (χ2v) is 6.15. The molecule has 1 aliphatic heterocycles. The van der Waals surface area contributed by atoms with Crippen molar-refractivity contribution >= 4 is 17.5 Å². The number of ether oxygens (including phenoxy) is 1. The Morgan fingerprint density at radius 2 is 2.04 bits per heavy atom. The average molecular weight is 373 g/mol. The van der Waals surface area contributed by atoms with Crippen LogP contribution in [0.1, 0.15) is 23.4 Å². The van der Waals surface area contributed by atoms with Crippen molar-refractivity contribution in [2.45, 2.75) is 18.9 Å². The smallest absolute Gasteiger partial charge is 0.289 e. The number of amides is 2. The van der Waals surface area contributed by atoms with E-state index in [1.165, 1.54) is 24.5 Å². The van der Waals surface area contributed by atoms with Crippen LogP contribution in [0.3, 0.4) is 0 Å². The van der Waals surface area contributed by atoms with Crippen LogP contribution in [0.4, 0.5) is 5.69 Å². The summed E-state index contributed by atoms with van der Waals surface area (Å²) in [5.41, 5.74) is -0.0958. The number of nitrogens with zero attached hydrogens (tertiary/aromatic N) is 2. The van der Waals surface area contributed by atoms with Crippen molar-refractivity contribution in [3.8, 4) is 5.75 Å². The maximum absolute atomic E-state index is 12.2. The van der Waals surface area contributed by atoms with Crippen LogP contribution < -0.4 is 10.1 Å². The molecule has 0 radical (unpaired) electrons. The number of hydrogen-bond donors (Lipinski definition) is 1. The molecule has 1 N–H and O–H groups in total. The first kappa shape index (κ1) is 18.4. The summed E-state index contributed by atoms with van der Waals surface area (Å²) >= 11 is 0. The molecule has 3 rings (SSSR count). The molecular formula is C18H19N3O6. The van der Waals surface area contributed by atoms with Gasteiger partial charge < -0.3 is 19.4 Å². The third-order valence-electron chi connectivity index (χ3n) is 4.28. The molecule has 0 atom stereocenters. The van der Waals surface area contributed by atoms with Crippen LogP contribution in [0.15, 0.2) is 47.1 Å². The number of rotatable bonds is 6. The predicted molar refractivity (Wildman–Crippen MR) is 94.4 cm³/mol. The molecule has 0 bridgehead atoms. The zero-order chi connectivity index (χ0) is 19.2. The Morgan fingerprint density at radius 1 is 1.26 bits per heavy atom. The van der Waals surface area contributed by atoms with Gasteiger partial charge in [0.05, 0.1) is 17.3 Å². The highest BCUT2D eigenvalue weighted by Gasteiger charge is 2.25. The van der Waals surface area contributed by atoms with Gasteiger partial charge in [0.1, 0.15) is 5.75 Å². The molecule has 27 heavy (non-hydrogen) atoms. The summed E-state index contributed by atoms with van der Waals surface area (Å²) in [6, 6.07) is 8.92. The quantitative estimate of drug-likeness (QED) is 0.612. The number of nitro groups is 1. The number of likely N-dealkylation sites (tertiary alicyclic amines) is 1. The number of nitro benzene ring substituents is 1. The summed E-state index contributed by atoms with van der Waals surface area (Å²) < 4.78 is 10.4. The lowest BCUT2D eigenvalue weighted by atomic mass is 10.0. The Morgan fingerprint density at radius 3 is 2.70 bits per heavy atom. The van der Waals surface area contributed by atoms with Crippen molar-refractivity contribution in [3.63, 3.8) is 0 Å². The van der Waals surface area contributed by atoms with Crippen LogP contribution in [0.2, 0.25) is 0 Å². The molecule has 0 unspecified atom stereocenters. The minimum Gasteiger partial charge on any atom is -0.484 e. The molecule has 0 spiro atoms. The minimum absolute atomic E-state index is 0.0492. The van der Waals surface area contributed by atoms with Gasteiger partial charge in [0.2, 0.25) is 0 Å². The summed E-state index contributed by atoms with van der Waals surface area (Å²) in [6.07, 6.45) is 2.73. The van der Waals surface area contributed by atoms with E-state index in [4.69, 9.17) is 9.15 Å². The summed E-state index contributed by atoms with van der Waals surface area (Å²) in [7, 11) is 0. The molecule has 2 aromatic rings. The number of benzene rings is 1. The molecule has 1 aliphatic rings. The molecule has 1 saturated heterocycles. The first-order valence-corrected chi connectivity index (χ1v) is 8.52. The topological polar surface area (TPSA) is 115 Å². The largest absolute Gasteiger partial charge is 0.484 e. The minimum atomic E-state index is -0.523. The number of nitrogens with one attached hydrogen (secondary N) is 1. The monoisotopic (exact) mass is 373 g/mol. The summed E-state index contributed by atoms with van der Waals surface area (Å²) in [6.45, 7) is 0.819. The van der Waals surface area contributed by atoms with Crippen LogP contribution in [0.5, 0.6) is 5.75 Å². The molecule has 1 aromatic heterocycles. The van der Waals surface area contributed by atoms with E-state index in [1.807, 2.05) is 0 Å². The van der Waals surface area contributed by atoms with Gasteiger partial charge in [0.25, 0.3) is 17.5 Å². The van der Waals surface area contributed by atoms with Crippen LogP contribution >= 0.6 is 0 Å². The van der Waals surface area contributed by atoms with E-state index in [-0.39, 0.29) is 35.9 Å². The normalized spacial score (nSPS) is 14.6. The number of hydrogen-bond acceptors (Lipinski definition) is 6. The molecule has 2 heterocycles. The van der Waals surface area contributed by atoms with Crippen LogP contribution in [0, 0.1) is 10.1 Å². The number of non-ortho nitro benzene ring substituents is 1. The molecule has 0 aliphatic carbocycles. The van der Waals surface area contributed by atoms with Gasteiger partial charge in [-0.3, -0.25) is 19.7 Å². The fourth-order valence-electron chi connectivity index (χ4n) is 2.89. The van der Waals surface area contributed by atoms with E-state index in [9.17, 15) is 19.7 Å². The molecular weight excluding hydrogens is 354 g/mol. The highest BCUT2D eigenvalue weighted by atomic mass is 16.6. The second kappa shape index (κ2) is 8.35. The Bertz CT molecular complexity index is 812. The van der Waals surface area contributed by atoms with Gasteiger partial charge in [-0.1, -0.05) is 6.07 Å². The standard InChI is InChI=1S/C18H19N3O6/c22-17(12-27-15-4-1-3-14(11-15)21(24)25)19-13-6-8-20(9-7-13)18(23)16-5-2-10-26-16/h1-5,10-11,13H,6-9,12H2,(H,19,22). The number of furan rings is 1. The lowest BCUT2D eigenvalue weighted by molar-refractivity contribution is -0.384. The van der Waals surface area contributed by atoms with E-state index < -0.39 is 4.92 Å². The van der Waals surface area contributed by atoms with Crippen molar-refractivity contribution < 1.29 is 23.7 Å². The molecule has 2 amide bonds. The number of carbonyl (C=O) groups excluding carboxylic acids is 2. The fraction of sp³-hybridized carbons (Fsp3) is 0.333. The molecule has 0 saturated carbocycles. The SMILES string of the molecule is O=C(COc1cccc([N+](=O)[O-])c1)NC1CCN(C(=O)c2ccco2)CC1. The van der Waals surface area contributed by atoms with E-state index >= 15 is 0 Å². The zero-order valence-electron chi connectivity index (χ0n) is 14.5. The molecule has 142 valence electrons. The zero-order valence-corrected chi connectivity index (χ0v) is 14.5. The van der Waals surface area contributed by atoms with Gasteiger partial charge >= 0.3 is 0 Å². The maximum Gasteiger partial charge on any atom is 0.289 e. The molecule has 9 heteroatoms. The van der Waals surface area contributed by atoms with E-state index in [0.29, 0.717) is 31.7 Å². The van der Waals surface area contributed by atoms with Crippen molar-refractivity contribution in [2.24, 2.45) is 0 Å². The van der Waals surface area contributed by atoms with Gasteiger partial charge in [0, 0.05) is 25.2 Å². The van der Waals surface area contributed by atoms with E-state index in [1.54, 1.807) is 23.1 Å². The highest BCUT2D eigenvalue weighted by molar-refractivity contribution is 5.91. The van der Waals surface area contributed by atoms with Crippen molar-refractivity contribution in [1.29, 1.82) is 0 Å². The van der Waals surface area contributed by atoms with Gasteiger partial charge in [-0.25, -0.2) is 0 Å². The first-order valence-electron chi connectivity index (χ1n) is 8.52. The van der Waals surface area contributed by atoms with Gasteiger partial charge in [-0.05, 0) is 31.0 Å². The molecule has 9 nitrogen and oxygen atoms in total. The van der Waals surface area contributed by atoms with E-state index in [2.05, 4.69) is 5.32 Å². The number of carbonyl (C=O) groups is 2. The van der Waals surface area contributed by atoms with Crippen LogP contribution in [-0.2, 0) is 4.79 Å². The van der Waals surface area contributed by atoms with Crippen molar-refractivity contribution in [3.05, 3.63) is 58.5 Å². The third-order valence-corrected chi connectivity index (χ3v) is 4.28. The predicted octanol–water partition coefficient (Wildman–Crippen LogP) is 1.99.